The summed E-state index contributed by atoms with van der Waals surface area (Å²) in [5.74, 6) is 5.08. The Balaban J connectivity index is 0.923. The SMILES string of the molecule is CC1(C)c2cc(Oc3ccccc3)ccc2-c2cc3c4c(c21)Oc1ccccc1B4c1cc2c(cc1N3c1ccccc1)N(c1ccccc1)c1cc3c(c4c1B2c1ccccc1N4c1ccccc1)C(C)(C)c1cc(Oc2ccccc2)ccc1-3. The van der Waals surface area contributed by atoms with Gasteiger partial charge in [0.1, 0.15) is 34.5 Å². The van der Waals surface area contributed by atoms with Crippen LogP contribution in [0, 0.1) is 0 Å². The molecular formula is C78H55B2N3O3. The highest BCUT2D eigenvalue weighted by Gasteiger charge is 2.53. The topological polar surface area (TPSA) is 37.4 Å². The van der Waals surface area contributed by atoms with Crippen molar-refractivity contribution in [1.82, 2.24) is 0 Å². The van der Waals surface area contributed by atoms with Crippen molar-refractivity contribution in [2.24, 2.45) is 0 Å². The Morgan fingerprint density at radius 3 is 1.33 bits per heavy atom. The fourth-order valence-corrected chi connectivity index (χ4v) is 15.7. The van der Waals surface area contributed by atoms with Crippen LogP contribution in [-0.4, -0.2) is 13.4 Å². The minimum atomic E-state index is -0.438. The van der Waals surface area contributed by atoms with Crippen molar-refractivity contribution >= 4 is 97.4 Å². The van der Waals surface area contributed by atoms with Crippen LogP contribution in [-0.2, 0) is 10.8 Å². The summed E-state index contributed by atoms with van der Waals surface area (Å²) in [4.78, 5) is 7.70. The van der Waals surface area contributed by atoms with Gasteiger partial charge in [-0.05, 0) is 187 Å². The molecule has 0 atom stereocenters. The van der Waals surface area contributed by atoms with Crippen LogP contribution in [0.5, 0.6) is 34.5 Å². The molecule has 0 bridgehead atoms. The summed E-state index contributed by atoms with van der Waals surface area (Å²) in [7, 11) is 0. The van der Waals surface area contributed by atoms with E-state index in [0.29, 0.717) is 0 Å². The van der Waals surface area contributed by atoms with Gasteiger partial charge in [0.25, 0.3) is 13.4 Å². The van der Waals surface area contributed by atoms with E-state index in [1.807, 2.05) is 60.7 Å². The lowest BCUT2D eigenvalue weighted by Gasteiger charge is -2.47. The number of fused-ring (bicyclic) bond motifs is 16. The summed E-state index contributed by atoms with van der Waals surface area (Å²) in [5.41, 5.74) is 26.6. The predicted octanol–water partition coefficient (Wildman–Crippen LogP) is 16.4. The zero-order chi connectivity index (χ0) is 57.2. The maximum Gasteiger partial charge on any atom is 0.256 e. The molecule has 0 fully saturated rings. The van der Waals surface area contributed by atoms with Crippen LogP contribution >= 0.6 is 0 Å². The third-order valence-electron chi connectivity index (χ3n) is 19.3. The van der Waals surface area contributed by atoms with Crippen molar-refractivity contribution < 1.29 is 14.2 Å². The second kappa shape index (κ2) is 18.0. The highest BCUT2D eigenvalue weighted by atomic mass is 16.5. The monoisotopic (exact) mass is 1100 g/mol. The minimum absolute atomic E-state index is 0.153. The molecule has 0 unspecified atom stereocenters. The molecule has 4 heterocycles. The van der Waals surface area contributed by atoms with Crippen molar-refractivity contribution in [2.75, 3.05) is 14.7 Å². The zero-order valence-electron chi connectivity index (χ0n) is 48.0. The molecule has 0 N–H and O–H groups in total. The van der Waals surface area contributed by atoms with Gasteiger partial charge in [0.15, 0.2) is 0 Å². The van der Waals surface area contributed by atoms with E-state index < -0.39 is 10.8 Å². The average molecular weight is 1100 g/mol. The molecule has 12 aromatic carbocycles. The van der Waals surface area contributed by atoms with Crippen molar-refractivity contribution in [3.8, 4) is 56.8 Å². The fraction of sp³-hybridized carbons (Fsp3) is 0.0769. The average Bonchev–Trinajstić information content (AvgIpc) is 1.21. The molecule has 8 heteroatoms. The number of nitrogens with zero attached hydrogens (tertiary/aromatic N) is 3. The van der Waals surface area contributed by atoms with Gasteiger partial charge in [-0.2, -0.15) is 0 Å². The van der Waals surface area contributed by atoms with E-state index in [-0.39, 0.29) is 13.4 Å². The smallest absolute Gasteiger partial charge is 0.256 e. The van der Waals surface area contributed by atoms with Crippen molar-refractivity contribution in [1.29, 1.82) is 0 Å². The summed E-state index contributed by atoms with van der Waals surface area (Å²) in [5, 5.41) is 0. The Morgan fingerprint density at radius 1 is 0.326 bits per heavy atom. The molecule has 406 valence electrons. The second-order valence-electron chi connectivity index (χ2n) is 24.7. The first-order valence-corrected chi connectivity index (χ1v) is 30.0. The van der Waals surface area contributed by atoms with Gasteiger partial charge in [-0.1, -0.05) is 173 Å². The molecule has 0 radical (unpaired) electrons. The van der Waals surface area contributed by atoms with E-state index in [1.165, 1.54) is 88.9 Å². The number of para-hydroxylation sites is 7. The van der Waals surface area contributed by atoms with Gasteiger partial charge in [0.2, 0.25) is 0 Å². The van der Waals surface area contributed by atoms with Crippen LogP contribution in [0.1, 0.15) is 49.9 Å². The molecule has 0 saturated heterocycles. The number of benzene rings is 12. The summed E-state index contributed by atoms with van der Waals surface area (Å²) >= 11 is 0. The number of rotatable bonds is 7. The predicted molar refractivity (Wildman–Crippen MR) is 354 cm³/mol. The summed E-state index contributed by atoms with van der Waals surface area (Å²) < 4.78 is 20.7. The van der Waals surface area contributed by atoms with Gasteiger partial charge in [-0.25, -0.2) is 0 Å². The molecule has 86 heavy (non-hydrogen) atoms. The largest absolute Gasteiger partial charge is 0.458 e. The third kappa shape index (κ3) is 6.86. The van der Waals surface area contributed by atoms with Gasteiger partial charge < -0.3 is 28.9 Å². The molecule has 4 aliphatic heterocycles. The molecule has 12 aromatic rings. The summed E-state index contributed by atoms with van der Waals surface area (Å²) in [6, 6.07) is 94.7. The van der Waals surface area contributed by atoms with E-state index in [0.717, 1.165) is 74.1 Å². The van der Waals surface area contributed by atoms with Crippen LogP contribution in [0.15, 0.2) is 261 Å². The first-order chi connectivity index (χ1) is 42.2. The Bertz CT molecular complexity index is 4820. The molecule has 2 aliphatic carbocycles. The quantitative estimate of drug-likeness (QED) is 0.148. The number of hydrogen-bond donors (Lipinski definition) is 0. The van der Waals surface area contributed by atoms with Gasteiger partial charge >= 0.3 is 0 Å². The van der Waals surface area contributed by atoms with Crippen LogP contribution in [0.3, 0.4) is 0 Å². The van der Waals surface area contributed by atoms with E-state index in [4.69, 9.17) is 14.2 Å². The lowest BCUT2D eigenvalue weighted by Crippen LogP contribution is -2.65. The van der Waals surface area contributed by atoms with Crippen LogP contribution in [0.2, 0.25) is 0 Å². The van der Waals surface area contributed by atoms with Crippen molar-refractivity contribution in [2.45, 2.75) is 38.5 Å². The first-order valence-electron chi connectivity index (χ1n) is 30.0. The lowest BCUT2D eigenvalue weighted by molar-refractivity contribution is 0.467. The maximum absolute atomic E-state index is 7.51. The van der Waals surface area contributed by atoms with Crippen LogP contribution < -0.4 is 61.7 Å². The zero-order valence-corrected chi connectivity index (χ0v) is 48.0. The van der Waals surface area contributed by atoms with Gasteiger partial charge in [0, 0.05) is 67.6 Å². The Labute approximate surface area is 501 Å². The minimum Gasteiger partial charge on any atom is -0.458 e. The molecular weight excluding hydrogens is 1050 g/mol. The summed E-state index contributed by atoms with van der Waals surface area (Å²) in [6.07, 6.45) is 0. The Hall–Kier alpha value is -10.4. The standard InChI is InChI=1S/C78H55B2N3O3/c1-77(2)59-42-53(84-51-30-16-8-17-31-51)38-40-55(59)57-44-68-73-75(71(57)77)83(50-28-14-7-15-29-50)65-36-22-20-34-61(65)79(73)63-46-64-67(47-66(63)81(68)48-24-10-5-11-25-48)82(49-26-12-6-13-27-49)69-45-58-56-41-39-54(85-52-32-18-9-19-33-52)43-60(56)78(3,4)72(58)76-74(69)80(64)62-35-21-23-37-70(62)86-76/h5-47H,1-4H3. The number of anilines is 9. The molecule has 18 rings (SSSR count). The highest BCUT2D eigenvalue weighted by Crippen LogP contribution is 2.60. The van der Waals surface area contributed by atoms with Crippen LogP contribution in [0.25, 0.3) is 22.3 Å². The van der Waals surface area contributed by atoms with Crippen molar-refractivity contribution in [3.63, 3.8) is 0 Å². The second-order valence-corrected chi connectivity index (χ2v) is 24.7. The summed E-state index contributed by atoms with van der Waals surface area (Å²) in [6.45, 7) is 9.22. The van der Waals surface area contributed by atoms with Gasteiger partial charge in [-0.15, -0.1) is 0 Å². The van der Waals surface area contributed by atoms with E-state index in [9.17, 15) is 0 Å². The number of hydrogen-bond acceptors (Lipinski definition) is 6. The molecule has 0 aromatic heterocycles. The van der Waals surface area contributed by atoms with Gasteiger partial charge in [0.05, 0.1) is 0 Å². The molecule has 6 aliphatic rings. The molecule has 0 saturated carbocycles. The van der Waals surface area contributed by atoms with Crippen molar-refractivity contribution in [3.05, 3.63) is 283 Å². The fourth-order valence-electron chi connectivity index (χ4n) is 15.7. The van der Waals surface area contributed by atoms with E-state index in [2.05, 4.69) is 243 Å². The molecule has 0 amide bonds. The van der Waals surface area contributed by atoms with Crippen LogP contribution in [0.4, 0.5) is 51.2 Å². The Morgan fingerprint density at radius 2 is 0.767 bits per heavy atom. The van der Waals surface area contributed by atoms with E-state index >= 15 is 0 Å². The van der Waals surface area contributed by atoms with E-state index in [1.54, 1.807) is 0 Å². The highest BCUT2D eigenvalue weighted by molar-refractivity contribution is 7.02. The molecule has 0 spiro atoms. The maximum atomic E-state index is 7.51. The first kappa shape index (κ1) is 49.0. The lowest BCUT2D eigenvalue weighted by atomic mass is 9.30. The normalized spacial score (nSPS) is 14.9. The third-order valence-corrected chi connectivity index (χ3v) is 19.3. The van der Waals surface area contributed by atoms with Gasteiger partial charge in [-0.3, -0.25) is 0 Å². The molecule has 6 nitrogen and oxygen atoms in total. The Kier molecular flexibility index (Phi) is 10.3. The number of ether oxygens (including phenoxy) is 3.